The van der Waals surface area contributed by atoms with E-state index in [0.29, 0.717) is 6.61 Å². The molecule has 0 aliphatic heterocycles. The summed E-state index contributed by atoms with van der Waals surface area (Å²) in [4.78, 5) is 2.84. The molecule has 1 heterocycles. The number of aromatic nitrogens is 1. The first kappa shape index (κ1) is 17.1. The maximum Gasteiger partial charge on any atom is 0.267 e. The highest BCUT2D eigenvalue weighted by Crippen LogP contribution is 2.22. The molecule has 6 nitrogen and oxygen atoms in total. The lowest BCUT2D eigenvalue weighted by molar-refractivity contribution is 0.144. The van der Waals surface area contributed by atoms with E-state index in [4.69, 9.17) is 9.47 Å². The van der Waals surface area contributed by atoms with Crippen LogP contribution in [0, 0.1) is 11.6 Å². The van der Waals surface area contributed by atoms with Gasteiger partial charge in [-0.25, -0.2) is 22.2 Å². The monoisotopic (exact) mass is 344 g/mol. The van der Waals surface area contributed by atoms with Crippen molar-refractivity contribution in [2.24, 2.45) is 0 Å². The van der Waals surface area contributed by atoms with Gasteiger partial charge < -0.3 is 9.47 Å². The Bertz CT molecular complexity index is 747. The van der Waals surface area contributed by atoms with Crippen LogP contribution in [0.15, 0.2) is 41.4 Å². The van der Waals surface area contributed by atoms with Gasteiger partial charge in [0.05, 0.1) is 18.5 Å². The molecular formula is C14H14F2N2O4S. The minimum absolute atomic E-state index is 0.0479. The summed E-state index contributed by atoms with van der Waals surface area (Å²) in [5, 5.41) is 0. The first-order valence-electron chi connectivity index (χ1n) is 6.48. The number of rotatable bonds is 7. The molecule has 124 valence electrons. The molecule has 0 amide bonds. The fourth-order valence-corrected chi connectivity index (χ4v) is 2.88. The normalized spacial score (nSPS) is 11.3. The van der Waals surface area contributed by atoms with Crippen LogP contribution in [-0.4, -0.2) is 33.7 Å². The predicted molar refractivity (Wildman–Crippen MR) is 78.8 cm³/mol. The number of anilines is 1. The Balaban J connectivity index is 2.15. The van der Waals surface area contributed by atoms with Gasteiger partial charge in [-0.1, -0.05) is 6.07 Å². The van der Waals surface area contributed by atoms with Crippen molar-refractivity contribution in [2.75, 3.05) is 25.0 Å². The fourth-order valence-electron chi connectivity index (χ4n) is 1.70. The van der Waals surface area contributed by atoms with E-state index in [1.165, 1.54) is 25.4 Å². The van der Waals surface area contributed by atoms with Crippen LogP contribution in [0.4, 0.5) is 14.5 Å². The van der Waals surface area contributed by atoms with E-state index in [1.54, 1.807) is 0 Å². The molecule has 1 N–H and O–H groups in total. The zero-order valence-electron chi connectivity index (χ0n) is 12.1. The molecule has 0 aliphatic rings. The van der Waals surface area contributed by atoms with Gasteiger partial charge in [-0.3, -0.25) is 4.72 Å². The van der Waals surface area contributed by atoms with E-state index in [0.717, 1.165) is 18.2 Å². The predicted octanol–water partition coefficient (Wildman–Crippen LogP) is 2.19. The number of pyridine rings is 1. The number of halogens is 2. The first-order chi connectivity index (χ1) is 10.9. The third-order valence-corrected chi connectivity index (χ3v) is 4.15. The second-order valence-electron chi connectivity index (χ2n) is 4.38. The van der Waals surface area contributed by atoms with E-state index in [9.17, 15) is 17.2 Å². The molecule has 2 rings (SSSR count). The number of benzene rings is 1. The van der Waals surface area contributed by atoms with E-state index in [1.807, 2.05) is 0 Å². The molecule has 1 aromatic heterocycles. The second-order valence-corrected chi connectivity index (χ2v) is 6.00. The van der Waals surface area contributed by atoms with Crippen molar-refractivity contribution in [3.8, 4) is 5.88 Å². The third-order valence-electron chi connectivity index (χ3n) is 2.71. The minimum atomic E-state index is -4.41. The molecule has 0 saturated heterocycles. The molecule has 0 unspecified atom stereocenters. The lowest BCUT2D eigenvalue weighted by Gasteiger charge is -2.10. The molecule has 0 aliphatic carbocycles. The number of nitrogens with one attached hydrogen (secondary N) is 1. The summed E-state index contributed by atoms with van der Waals surface area (Å²) in [6.45, 7) is 0.664. The number of nitrogens with zero attached hydrogens (tertiary/aromatic N) is 1. The Morgan fingerprint density at radius 2 is 1.83 bits per heavy atom. The summed E-state index contributed by atoms with van der Waals surface area (Å²) in [5.41, 5.74) is 0.0479. The van der Waals surface area contributed by atoms with Crippen molar-refractivity contribution < 1.29 is 26.7 Å². The summed E-state index contributed by atoms with van der Waals surface area (Å²) >= 11 is 0. The molecule has 23 heavy (non-hydrogen) atoms. The lowest BCUT2D eigenvalue weighted by atomic mass is 10.3. The Kier molecular flexibility index (Phi) is 5.45. The van der Waals surface area contributed by atoms with Crippen molar-refractivity contribution >= 4 is 15.7 Å². The maximum atomic E-state index is 13.6. The van der Waals surface area contributed by atoms with Gasteiger partial charge in [-0.05, 0) is 18.2 Å². The van der Waals surface area contributed by atoms with E-state index in [2.05, 4.69) is 9.71 Å². The Morgan fingerprint density at radius 3 is 2.39 bits per heavy atom. The number of ether oxygens (including phenoxy) is 2. The molecule has 0 spiro atoms. The van der Waals surface area contributed by atoms with E-state index in [-0.39, 0.29) is 18.2 Å². The molecule has 9 heteroatoms. The molecule has 0 saturated carbocycles. The van der Waals surface area contributed by atoms with Gasteiger partial charge in [-0.2, -0.15) is 0 Å². The third kappa shape index (κ3) is 4.36. The van der Waals surface area contributed by atoms with Crippen LogP contribution in [0.2, 0.25) is 0 Å². The van der Waals surface area contributed by atoms with Crippen LogP contribution in [0.25, 0.3) is 0 Å². The largest absolute Gasteiger partial charge is 0.475 e. The van der Waals surface area contributed by atoms with Gasteiger partial charge in [0.1, 0.15) is 18.2 Å². The van der Waals surface area contributed by atoms with E-state index < -0.39 is 26.6 Å². The highest BCUT2D eigenvalue weighted by atomic mass is 32.2. The zero-order chi connectivity index (χ0) is 16.9. The average Bonchev–Trinajstić information content (AvgIpc) is 2.48. The summed E-state index contributed by atoms with van der Waals surface area (Å²) in [6, 6.07) is 5.60. The first-order valence-corrected chi connectivity index (χ1v) is 7.97. The number of hydrogen-bond donors (Lipinski definition) is 1. The number of hydrogen-bond acceptors (Lipinski definition) is 5. The van der Waals surface area contributed by atoms with Crippen LogP contribution in [-0.2, 0) is 14.8 Å². The summed E-state index contributed by atoms with van der Waals surface area (Å²) in [7, 11) is -2.88. The zero-order valence-corrected chi connectivity index (χ0v) is 12.9. The van der Waals surface area contributed by atoms with Crippen LogP contribution in [0.3, 0.4) is 0 Å². The van der Waals surface area contributed by atoms with Crippen molar-refractivity contribution in [3.63, 3.8) is 0 Å². The fraction of sp³-hybridized carbons (Fsp3) is 0.214. The Morgan fingerprint density at radius 1 is 1.13 bits per heavy atom. The minimum Gasteiger partial charge on any atom is -0.475 e. The molecule has 0 radical (unpaired) electrons. The smallest absolute Gasteiger partial charge is 0.267 e. The maximum absolute atomic E-state index is 13.6. The molecule has 0 bridgehead atoms. The van der Waals surface area contributed by atoms with Gasteiger partial charge >= 0.3 is 0 Å². The van der Waals surface area contributed by atoms with Crippen molar-refractivity contribution in [3.05, 3.63) is 48.2 Å². The summed E-state index contributed by atoms with van der Waals surface area (Å²) in [6.07, 6.45) is 1.18. The summed E-state index contributed by atoms with van der Waals surface area (Å²) in [5.74, 6) is -2.09. The van der Waals surface area contributed by atoms with Crippen molar-refractivity contribution in [1.29, 1.82) is 0 Å². The Labute approximate surface area is 132 Å². The van der Waals surface area contributed by atoms with Crippen molar-refractivity contribution in [2.45, 2.75) is 4.90 Å². The van der Waals surface area contributed by atoms with Crippen LogP contribution < -0.4 is 9.46 Å². The highest BCUT2D eigenvalue weighted by Gasteiger charge is 2.23. The Hall–Kier alpha value is -2.26. The summed E-state index contributed by atoms with van der Waals surface area (Å²) < 4.78 is 63.4. The highest BCUT2D eigenvalue weighted by molar-refractivity contribution is 7.92. The van der Waals surface area contributed by atoms with Gasteiger partial charge in [0.25, 0.3) is 10.0 Å². The molecule has 0 fully saturated rings. The average molecular weight is 344 g/mol. The number of sulfonamides is 1. The van der Waals surface area contributed by atoms with Crippen molar-refractivity contribution in [1.82, 2.24) is 4.98 Å². The SMILES string of the molecule is COCCOc1ccc(NS(=O)(=O)c2c(F)cccc2F)cn1. The number of methoxy groups -OCH3 is 1. The second kappa shape index (κ2) is 7.34. The topological polar surface area (TPSA) is 77.5 Å². The van der Waals surface area contributed by atoms with Crippen LogP contribution >= 0.6 is 0 Å². The van der Waals surface area contributed by atoms with Gasteiger partial charge in [0, 0.05) is 13.2 Å². The van der Waals surface area contributed by atoms with Crippen LogP contribution in [0.5, 0.6) is 5.88 Å². The quantitative estimate of drug-likeness (QED) is 0.779. The van der Waals surface area contributed by atoms with Gasteiger partial charge in [0.2, 0.25) is 5.88 Å². The van der Waals surface area contributed by atoms with Gasteiger partial charge in [0.15, 0.2) is 4.90 Å². The van der Waals surface area contributed by atoms with Gasteiger partial charge in [-0.15, -0.1) is 0 Å². The standard InChI is InChI=1S/C14H14F2N2O4S/c1-21-7-8-22-13-6-5-10(9-17-13)18-23(19,20)14-11(15)3-2-4-12(14)16/h2-6,9,18H,7-8H2,1H3. The molecular weight excluding hydrogens is 330 g/mol. The molecule has 0 atom stereocenters. The lowest BCUT2D eigenvalue weighted by Crippen LogP contribution is -2.16. The molecule has 1 aromatic carbocycles. The van der Waals surface area contributed by atoms with E-state index >= 15 is 0 Å². The van der Waals surface area contributed by atoms with Crippen LogP contribution in [0.1, 0.15) is 0 Å². The molecule has 2 aromatic rings.